The molecule has 2 aromatic carbocycles. The van der Waals surface area contributed by atoms with Gasteiger partial charge in [0.15, 0.2) is 0 Å². The average Bonchev–Trinajstić information content (AvgIpc) is 2.54. The summed E-state index contributed by atoms with van der Waals surface area (Å²) in [6, 6.07) is 9.71. The van der Waals surface area contributed by atoms with Crippen molar-refractivity contribution >= 4 is 21.8 Å². The number of benzene rings is 2. The van der Waals surface area contributed by atoms with Gasteiger partial charge in [-0.3, -0.25) is 4.79 Å². The molecule has 0 saturated heterocycles. The van der Waals surface area contributed by atoms with Crippen molar-refractivity contribution < 1.29 is 18.7 Å². The van der Waals surface area contributed by atoms with Gasteiger partial charge in [0.2, 0.25) is 0 Å². The van der Waals surface area contributed by atoms with Gasteiger partial charge in [-0.1, -0.05) is 15.9 Å². The fourth-order valence-corrected chi connectivity index (χ4v) is 2.61. The highest BCUT2D eigenvalue weighted by atomic mass is 79.9. The number of ether oxygens (including phenoxy) is 2. The van der Waals surface area contributed by atoms with Gasteiger partial charge in [-0.15, -0.1) is 0 Å². The lowest BCUT2D eigenvalue weighted by Crippen LogP contribution is -2.27. The molecule has 0 fully saturated rings. The molecule has 0 aliphatic carbocycles. The molecule has 0 aliphatic rings. The lowest BCUT2D eigenvalue weighted by atomic mass is 10.1. The van der Waals surface area contributed by atoms with E-state index in [0.29, 0.717) is 18.0 Å². The first-order valence-electron chi connectivity index (χ1n) is 6.87. The fourth-order valence-electron chi connectivity index (χ4n) is 2.20. The molecule has 122 valence electrons. The topological polar surface area (TPSA) is 38.8 Å². The third kappa shape index (κ3) is 4.01. The smallest absolute Gasteiger partial charge is 0.256 e. The highest BCUT2D eigenvalue weighted by Crippen LogP contribution is 2.25. The fraction of sp³-hybridized carbons (Fsp3) is 0.235. The van der Waals surface area contributed by atoms with Crippen molar-refractivity contribution in [3.63, 3.8) is 0 Å². The van der Waals surface area contributed by atoms with E-state index in [2.05, 4.69) is 15.9 Å². The molecule has 2 aromatic rings. The summed E-state index contributed by atoms with van der Waals surface area (Å²) in [5, 5.41) is 0. The standard InChI is InChI=1S/C17H17BrFNO3/c1-20(10-11-8-12(18)4-7-16(11)23-3)17(21)14-6-5-13(22-2)9-15(14)19/h4-9H,10H2,1-3H3. The van der Waals surface area contributed by atoms with E-state index < -0.39 is 11.7 Å². The van der Waals surface area contributed by atoms with Crippen LogP contribution in [0.4, 0.5) is 4.39 Å². The second kappa shape index (κ2) is 7.46. The summed E-state index contributed by atoms with van der Waals surface area (Å²) in [4.78, 5) is 13.9. The second-order valence-corrected chi connectivity index (χ2v) is 5.88. The molecule has 0 aliphatic heterocycles. The summed E-state index contributed by atoms with van der Waals surface area (Å²) in [6.45, 7) is 0.299. The van der Waals surface area contributed by atoms with Gasteiger partial charge in [0.25, 0.3) is 5.91 Å². The maximum atomic E-state index is 14.0. The quantitative estimate of drug-likeness (QED) is 0.788. The molecule has 0 radical (unpaired) electrons. The first kappa shape index (κ1) is 17.3. The first-order chi connectivity index (χ1) is 11.0. The van der Waals surface area contributed by atoms with Gasteiger partial charge in [-0.05, 0) is 30.3 Å². The SMILES string of the molecule is COc1ccc(C(=O)N(C)Cc2cc(Br)ccc2OC)c(F)c1. The van der Waals surface area contributed by atoms with Crippen LogP contribution < -0.4 is 9.47 Å². The summed E-state index contributed by atoms with van der Waals surface area (Å²) in [5.41, 5.74) is 0.828. The number of carbonyl (C=O) groups is 1. The number of methoxy groups -OCH3 is 2. The summed E-state index contributed by atoms with van der Waals surface area (Å²) in [7, 11) is 4.63. The molecule has 0 unspecified atom stereocenters. The zero-order valence-corrected chi connectivity index (χ0v) is 14.7. The van der Waals surface area contributed by atoms with Crippen LogP contribution in [0.3, 0.4) is 0 Å². The highest BCUT2D eigenvalue weighted by molar-refractivity contribution is 9.10. The summed E-state index contributed by atoms with van der Waals surface area (Å²) in [6.07, 6.45) is 0. The van der Waals surface area contributed by atoms with Crippen molar-refractivity contribution in [2.45, 2.75) is 6.54 Å². The van der Waals surface area contributed by atoms with Crippen molar-refractivity contribution in [3.8, 4) is 11.5 Å². The molecule has 0 saturated carbocycles. The molecule has 23 heavy (non-hydrogen) atoms. The highest BCUT2D eigenvalue weighted by Gasteiger charge is 2.18. The minimum absolute atomic E-state index is 0.00210. The Hall–Kier alpha value is -2.08. The van der Waals surface area contributed by atoms with Crippen molar-refractivity contribution in [1.82, 2.24) is 4.90 Å². The number of nitrogens with zero attached hydrogens (tertiary/aromatic N) is 1. The Morgan fingerprint density at radius 1 is 1.17 bits per heavy atom. The summed E-state index contributed by atoms with van der Waals surface area (Å²) in [5.74, 6) is 0.0213. The van der Waals surface area contributed by atoms with Crippen LogP contribution in [0.15, 0.2) is 40.9 Å². The van der Waals surface area contributed by atoms with Crippen LogP contribution in [0.5, 0.6) is 11.5 Å². The molecule has 0 heterocycles. The average molecular weight is 382 g/mol. The minimum atomic E-state index is -0.609. The molecule has 0 atom stereocenters. The van der Waals surface area contributed by atoms with E-state index in [1.54, 1.807) is 20.2 Å². The molecule has 1 amide bonds. The van der Waals surface area contributed by atoms with Crippen molar-refractivity contribution in [2.75, 3.05) is 21.3 Å². The van der Waals surface area contributed by atoms with E-state index in [4.69, 9.17) is 9.47 Å². The third-order valence-electron chi connectivity index (χ3n) is 3.40. The van der Waals surface area contributed by atoms with Crippen LogP contribution >= 0.6 is 15.9 Å². The van der Waals surface area contributed by atoms with Gasteiger partial charge < -0.3 is 14.4 Å². The predicted octanol–water partition coefficient (Wildman–Crippen LogP) is 3.88. The predicted molar refractivity (Wildman–Crippen MR) is 89.4 cm³/mol. The Morgan fingerprint density at radius 3 is 2.52 bits per heavy atom. The molecule has 0 N–H and O–H groups in total. The number of halogens is 2. The molecular formula is C17H17BrFNO3. The molecule has 2 rings (SSSR count). The molecule has 0 aromatic heterocycles. The minimum Gasteiger partial charge on any atom is -0.497 e. The van der Waals surface area contributed by atoms with E-state index in [-0.39, 0.29) is 5.56 Å². The van der Waals surface area contributed by atoms with Crippen LogP contribution in [-0.2, 0) is 6.54 Å². The molecule has 0 spiro atoms. The van der Waals surface area contributed by atoms with E-state index in [1.165, 1.54) is 24.1 Å². The van der Waals surface area contributed by atoms with E-state index in [1.807, 2.05) is 18.2 Å². The molecule has 4 nitrogen and oxygen atoms in total. The Morgan fingerprint density at radius 2 is 1.91 bits per heavy atom. The Labute approximate surface area is 142 Å². The van der Waals surface area contributed by atoms with Crippen molar-refractivity contribution in [1.29, 1.82) is 0 Å². The zero-order chi connectivity index (χ0) is 17.0. The van der Waals surface area contributed by atoms with Crippen LogP contribution in [0.1, 0.15) is 15.9 Å². The Bertz CT molecular complexity index is 721. The number of rotatable bonds is 5. The number of hydrogen-bond acceptors (Lipinski definition) is 3. The summed E-state index contributed by atoms with van der Waals surface area (Å²) >= 11 is 3.39. The van der Waals surface area contributed by atoms with Gasteiger partial charge in [0.05, 0.1) is 19.8 Å². The molecular weight excluding hydrogens is 365 g/mol. The lowest BCUT2D eigenvalue weighted by Gasteiger charge is -2.19. The number of amides is 1. The zero-order valence-electron chi connectivity index (χ0n) is 13.1. The maximum Gasteiger partial charge on any atom is 0.256 e. The lowest BCUT2D eigenvalue weighted by molar-refractivity contribution is 0.0779. The van der Waals surface area contributed by atoms with Gasteiger partial charge >= 0.3 is 0 Å². The van der Waals surface area contributed by atoms with E-state index in [9.17, 15) is 9.18 Å². The molecule has 6 heteroatoms. The Kier molecular flexibility index (Phi) is 5.60. The molecule has 0 bridgehead atoms. The summed E-state index contributed by atoms with van der Waals surface area (Å²) < 4.78 is 25.1. The third-order valence-corrected chi connectivity index (χ3v) is 3.90. The maximum absolute atomic E-state index is 14.0. The van der Waals surface area contributed by atoms with Crippen LogP contribution in [0, 0.1) is 5.82 Å². The van der Waals surface area contributed by atoms with Gasteiger partial charge in [0, 0.05) is 29.7 Å². The largest absolute Gasteiger partial charge is 0.497 e. The first-order valence-corrected chi connectivity index (χ1v) is 7.67. The van der Waals surface area contributed by atoms with Crippen molar-refractivity contribution in [3.05, 3.63) is 57.8 Å². The second-order valence-electron chi connectivity index (χ2n) is 4.96. The van der Waals surface area contributed by atoms with Crippen LogP contribution in [0.25, 0.3) is 0 Å². The van der Waals surface area contributed by atoms with E-state index in [0.717, 1.165) is 10.0 Å². The van der Waals surface area contributed by atoms with E-state index >= 15 is 0 Å². The van der Waals surface area contributed by atoms with Gasteiger partial charge in [-0.2, -0.15) is 0 Å². The monoisotopic (exact) mass is 381 g/mol. The number of hydrogen-bond donors (Lipinski definition) is 0. The normalized spacial score (nSPS) is 10.3. The van der Waals surface area contributed by atoms with Gasteiger partial charge in [0.1, 0.15) is 17.3 Å². The van der Waals surface area contributed by atoms with Crippen LogP contribution in [-0.4, -0.2) is 32.1 Å². The van der Waals surface area contributed by atoms with Crippen molar-refractivity contribution in [2.24, 2.45) is 0 Å². The number of carbonyl (C=O) groups excluding carboxylic acids is 1. The Balaban J connectivity index is 2.22. The van der Waals surface area contributed by atoms with Crippen LogP contribution in [0.2, 0.25) is 0 Å². The van der Waals surface area contributed by atoms with Gasteiger partial charge in [-0.25, -0.2) is 4.39 Å².